The fourth-order valence-corrected chi connectivity index (χ4v) is 1.80. The molecule has 0 aliphatic carbocycles. The molecule has 1 aromatic carbocycles. The van der Waals surface area contributed by atoms with Crippen LogP contribution in [0.3, 0.4) is 0 Å². The summed E-state index contributed by atoms with van der Waals surface area (Å²) in [5.74, 6) is -0.189. The summed E-state index contributed by atoms with van der Waals surface area (Å²) in [6.07, 6.45) is 1.36. The van der Waals surface area contributed by atoms with Crippen molar-refractivity contribution < 1.29 is 14.0 Å². The summed E-state index contributed by atoms with van der Waals surface area (Å²) in [6, 6.07) is 9.60. The highest BCUT2D eigenvalue weighted by Crippen LogP contribution is 2.11. The van der Waals surface area contributed by atoms with Gasteiger partial charge >= 0.3 is 0 Å². The van der Waals surface area contributed by atoms with E-state index >= 15 is 0 Å². The molecule has 6 heteroatoms. The number of amides is 1. The molecule has 114 valence electrons. The van der Waals surface area contributed by atoms with Crippen LogP contribution in [0.4, 0.5) is 15.9 Å². The largest absolute Gasteiger partial charge is 0.366 e. The van der Waals surface area contributed by atoms with Gasteiger partial charge in [-0.05, 0) is 36.8 Å². The van der Waals surface area contributed by atoms with Gasteiger partial charge in [-0.2, -0.15) is 0 Å². The van der Waals surface area contributed by atoms with Crippen LogP contribution in [0.1, 0.15) is 18.9 Å². The van der Waals surface area contributed by atoms with Crippen LogP contribution in [0.15, 0.2) is 42.6 Å². The fraction of sp³-hybridized carbons (Fsp3) is 0.188. The first kappa shape index (κ1) is 15.6. The maximum absolute atomic E-state index is 12.8. The monoisotopic (exact) mass is 301 g/mol. The number of Topliss-reactive ketones (excluding diaryl/α,β-unsaturated/α-hetero) is 1. The SMILES string of the molecule is CC(=O)CC(=O)Nc1ccc(NCc2ccc(F)cc2)nc1. The highest BCUT2D eigenvalue weighted by Gasteiger charge is 2.05. The number of nitrogens with zero attached hydrogens (tertiary/aromatic N) is 1. The zero-order valence-electron chi connectivity index (χ0n) is 12.1. The number of nitrogens with one attached hydrogen (secondary N) is 2. The van der Waals surface area contributed by atoms with Gasteiger partial charge in [0.15, 0.2) is 0 Å². The molecule has 2 N–H and O–H groups in total. The molecule has 0 unspecified atom stereocenters. The molecule has 0 radical (unpaired) electrons. The minimum Gasteiger partial charge on any atom is -0.366 e. The number of rotatable bonds is 6. The smallest absolute Gasteiger partial charge is 0.231 e. The van der Waals surface area contributed by atoms with Crippen molar-refractivity contribution in [1.29, 1.82) is 0 Å². The molecule has 0 spiro atoms. The Morgan fingerprint density at radius 1 is 1.14 bits per heavy atom. The molecule has 0 atom stereocenters. The Morgan fingerprint density at radius 2 is 1.86 bits per heavy atom. The summed E-state index contributed by atoms with van der Waals surface area (Å²) in [5, 5.41) is 5.68. The number of carbonyl (C=O) groups is 2. The molecule has 1 amide bonds. The van der Waals surface area contributed by atoms with Gasteiger partial charge in [0.1, 0.15) is 17.4 Å². The topological polar surface area (TPSA) is 71.1 Å². The van der Waals surface area contributed by atoms with Gasteiger partial charge in [-0.25, -0.2) is 9.37 Å². The van der Waals surface area contributed by atoms with Crippen LogP contribution >= 0.6 is 0 Å². The summed E-state index contributed by atoms with van der Waals surface area (Å²) in [5.41, 5.74) is 1.46. The molecule has 2 rings (SSSR count). The minimum atomic E-state index is -0.360. The maximum atomic E-state index is 12.8. The van der Waals surface area contributed by atoms with Crippen LogP contribution in [-0.2, 0) is 16.1 Å². The third-order valence-electron chi connectivity index (χ3n) is 2.84. The van der Waals surface area contributed by atoms with E-state index in [1.165, 1.54) is 25.3 Å². The number of benzene rings is 1. The third kappa shape index (κ3) is 4.97. The zero-order valence-corrected chi connectivity index (χ0v) is 12.1. The first-order valence-electron chi connectivity index (χ1n) is 6.76. The van der Waals surface area contributed by atoms with E-state index < -0.39 is 0 Å². The van der Waals surface area contributed by atoms with Crippen molar-refractivity contribution in [2.24, 2.45) is 0 Å². The molecule has 2 aromatic rings. The molecular formula is C16H16FN3O2. The van der Waals surface area contributed by atoms with Gasteiger partial charge in [-0.1, -0.05) is 12.1 Å². The van der Waals surface area contributed by atoms with Crippen LogP contribution in [-0.4, -0.2) is 16.7 Å². The first-order chi connectivity index (χ1) is 10.5. The van der Waals surface area contributed by atoms with Gasteiger partial charge < -0.3 is 10.6 Å². The molecule has 0 aliphatic heterocycles. The average Bonchev–Trinajstić information content (AvgIpc) is 2.47. The molecule has 0 saturated carbocycles. The quantitative estimate of drug-likeness (QED) is 0.805. The number of carbonyl (C=O) groups excluding carboxylic acids is 2. The predicted molar refractivity (Wildman–Crippen MR) is 81.9 cm³/mol. The second-order valence-electron chi connectivity index (χ2n) is 4.84. The summed E-state index contributed by atoms with van der Waals surface area (Å²) < 4.78 is 12.8. The van der Waals surface area contributed by atoms with Gasteiger partial charge in [0.05, 0.1) is 18.3 Å². The van der Waals surface area contributed by atoms with Crippen LogP contribution in [0.25, 0.3) is 0 Å². The van der Waals surface area contributed by atoms with Crippen molar-refractivity contribution in [2.45, 2.75) is 19.9 Å². The van der Waals surface area contributed by atoms with E-state index in [1.807, 2.05) is 0 Å². The van der Waals surface area contributed by atoms with Crippen molar-refractivity contribution in [2.75, 3.05) is 10.6 Å². The first-order valence-corrected chi connectivity index (χ1v) is 6.76. The van der Waals surface area contributed by atoms with Gasteiger partial charge in [0, 0.05) is 6.54 Å². The molecule has 0 aliphatic rings. The molecule has 1 aromatic heterocycles. The summed E-state index contributed by atoms with van der Waals surface area (Å²) >= 11 is 0. The Bertz CT molecular complexity index is 654. The molecule has 0 fully saturated rings. The third-order valence-corrected chi connectivity index (χ3v) is 2.84. The molecule has 0 bridgehead atoms. The highest BCUT2D eigenvalue weighted by molar-refractivity contribution is 6.03. The van der Waals surface area contributed by atoms with E-state index in [0.29, 0.717) is 18.1 Å². The molecule has 5 nitrogen and oxygen atoms in total. The van der Waals surface area contributed by atoms with Gasteiger partial charge in [-0.3, -0.25) is 9.59 Å². The average molecular weight is 301 g/mol. The van der Waals surface area contributed by atoms with E-state index in [9.17, 15) is 14.0 Å². The van der Waals surface area contributed by atoms with Crippen molar-refractivity contribution in [3.63, 3.8) is 0 Å². The maximum Gasteiger partial charge on any atom is 0.231 e. The normalized spacial score (nSPS) is 10.1. The van der Waals surface area contributed by atoms with E-state index in [4.69, 9.17) is 0 Å². The number of hydrogen-bond donors (Lipinski definition) is 2. The van der Waals surface area contributed by atoms with Crippen molar-refractivity contribution in [3.8, 4) is 0 Å². The van der Waals surface area contributed by atoms with Gasteiger partial charge in [-0.15, -0.1) is 0 Å². The predicted octanol–water partition coefficient (Wildman–Crippen LogP) is 2.75. The van der Waals surface area contributed by atoms with E-state index in [0.717, 1.165) is 5.56 Å². The van der Waals surface area contributed by atoms with Crippen LogP contribution in [0.2, 0.25) is 0 Å². The van der Waals surface area contributed by atoms with Crippen LogP contribution in [0, 0.1) is 5.82 Å². The second-order valence-corrected chi connectivity index (χ2v) is 4.84. The van der Waals surface area contributed by atoms with Crippen LogP contribution in [0.5, 0.6) is 0 Å². The lowest BCUT2D eigenvalue weighted by Gasteiger charge is -2.07. The van der Waals surface area contributed by atoms with E-state index in [2.05, 4.69) is 15.6 Å². The number of halogens is 1. The summed E-state index contributed by atoms with van der Waals surface area (Å²) in [7, 11) is 0. The summed E-state index contributed by atoms with van der Waals surface area (Å²) in [4.78, 5) is 26.4. The fourth-order valence-electron chi connectivity index (χ4n) is 1.80. The number of aromatic nitrogens is 1. The van der Waals surface area contributed by atoms with Crippen molar-refractivity contribution >= 4 is 23.2 Å². The van der Waals surface area contributed by atoms with E-state index in [-0.39, 0.29) is 23.9 Å². The van der Waals surface area contributed by atoms with Gasteiger partial charge in [0.25, 0.3) is 0 Å². The highest BCUT2D eigenvalue weighted by atomic mass is 19.1. The van der Waals surface area contributed by atoms with E-state index in [1.54, 1.807) is 24.3 Å². The molecule has 1 heterocycles. The molecule has 22 heavy (non-hydrogen) atoms. The standard InChI is InChI=1S/C16H16FN3O2/c1-11(21)8-16(22)20-14-6-7-15(19-10-14)18-9-12-2-4-13(17)5-3-12/h2-7,10H,8-9H2,1H3,(H,18,19)(H,20,22). The Balaban J connectivity index is 1.87. The number of pyridine rings is 1. The second kappa shape index (κ2) is 7.31. The molecular weight excluding hydrogens is 285 g/mol. The number of anilines is 2. The molecule has 0 saturated heterocycles. The minimum absolute atomic E-state index is 0.148. The lowest BCUT2D eigenvalue weighted by molar-refractivity contribution is -0.124. The lowest BCUT2D eigenvalue weighted by Crippen LogP contribution is -2.14. The van der Waals surface area contributed by atoms with Crippen molar-refractivity contribution in [1.82, 2.24) is 4.98 Å². The lowest BCUT2D eigenvalue weighted by atomic mass is 10.2. The van der Waals surface area contributed by atoms with Crippen LogP contribution < -0.4 is 10.6 Å². The Morgan fingerprint density at radius 3 is 2.45 bits per heavy atom. The summed E-state index contributed by atoms with van der Waals surface area (Å²) in [6.45, 7) is 1.88. The number of hydrogen-bond acceptors (Lipinski definition) is 4. The Hall–Kier alpha value is -2.76. The van der Waals surface area contributed by atoms with Gasteiger partial charge in [0.2, 0.25) is 5.91 Å². The van der Waals surface area contributed by atoms with Crippen molar-refractivity contribution in [3.05, 3.63) is 54.0 Å². The number of ketones is 1. The Labute approximate surface area is 127 Å². The Kier molecular flexibility index (Phi) is 5.19. The zero-order chi connectivity index (χ0) is 15.9.